The summed E-state index contributed by atoms with van der Waals surface area (Å²) in [6.45, 7) is 5.18. The molecule has 1 aliphatic heterocycles. The summed E-state index contributed by atoms with van der Waals surface area (Å²) in [5.41, 5.74) is 8.70. The summed E-state index contributed by atoms with van der Waals surface area (Å²) < 4.78 is 0. The number of benzene rings is 1. The standard InChI is InChI=1S/C14H22N2/c1-11-2-4-12(5-3-11)14-7-9-16-8-6-13(14)10-15/h2-5,13-14,16H,6-10,15H2,1H3. The van der Waals surface area contributed by atoms with E-state index in [9.17, 15) is 0 Å². The summed E-state index contributed by atoms with van der Waals surface area (Å²) in [5.74, 6) is 1.28. The van der Waals surface area contributed by atoms with E-state index in [0.717, 1.165) is 19.6 Å². The van der Waals surface area contributed by atoms with Gasteiger partial charge in [-0.25, -0.2) is 0 Å². The molecule has 3 N–H and O–H groups in total. The van der Waals surface area contributed by atoms with Crippen LogP contribution in [0.5, 0.6) is 0 Å². The maximum atomic E-state index is 5.90. The third kappa shape index (κ3) is 2.63. The molecule has 0 radical (unpaired) electrons. The van der Waals surface area contributed by atoms with Gasteiger partial charge in [0.2, 0.25) is 0 Å². The summed E-state index contributed by atoms with van der Waals surface area (Å²) in [6.07, 6.45) is 2.42. The highest BCUT2D eigenvalue weighted by Gasteiger charge is 2.23. The van der Waals surface area contributed by atoms with Gasteiger partial charge < -0.3 is 11.1 Å². The lowest BCUT2D eigenvalue weighted by atomic mass is 9.82. The first-order valence-electron chi connectivity index (χ1n) is 6.28. The molecule has 0 aromatic heterocycles. The highest BCUT2D eigenvalue weighted by atomic mass is 14.9. The number of hydrogen-bond acceptors (Lipinski definition) is 2. The minimum Gasteiger partial charge on any atom is -0.330 e. The molecule has 0 saturated carbocycles. The van der Waals surface area contributed by atoms with Crippen molar-refractivity contribution in [1.82, 2.24) is 5.32 Å². The fourth-order valence-electron chi connectivity index (χ4n) is 2.64. The Balaban J connectivity index is 2.18. The van der Waals surface area contributed by atoms with E-state index in [4.69, 9.17) is 5.73 Å². The van der Waals surface area contributed by atoms with Crippen molar-refractivity contribution >= 4 is 0 Å². The summed E-state index contributed by atoms with van der Waals surface area (Å²) in [6, 6.07) is 8.96. The van der Waals surface area contributed by atoms with Crippen molar-refractivity contribution in [3.05, 3.63) is 35.4 Å². The van der Waals surface area contributed by atoms with Crippen LogP contribution in [0.1, 0.15) is 29.9 Å². The zero-order valence-electron chi connectivity index (χ0n) is 10.1. The van der Waals surface area contributed by atoms with Gasteiger partial charge in [0, 0.05) is 0 Å². The Kier molecular flexibility index (Phi) is 3.97. The molecule has 0 spiro atoms. The van der Waals surface area contributed by atoms with Gasteiger partial charge in [0.1, 0.15) is 0 Å². The molecular formula is C14H22N2. The Morgan fingerprint density at radius 1 is 1.19 bits per heavy atom. The van der Waals surface area contributed by atoms with E-state index >= 15 is 0 Å². The van der Waals surface area contributed by atoms with Crippen molar-refractivity contribution in [1.29, 1.82) is 0 Å². The zero-order valence-corrected chi connectivity index (χ0v) is 10.1. The molecule has 1 aliphatic rings. The average molecular weight is 218 g/mol. The largest absolute Gasteiger partial charge is 0.330 e. The van der Waals surface area contributed by atoms with E-state index in [0.29, 0.717) is 11.8 Å². The van der Waals surface area contributed by atoms with Crippen LogP contribution < -0.4 is 11.1 Å². The van der Waals surface area contributed by atoms with Crippen molar-refractivity contribution in [2.75, 3.05) is 19.6 Å². The van der Waals surface area contributed by atoms with Crippen LogP contribution in [0.2, 0.25) is 0 Å². The molecule has 0 amide bonds. The molecule has 0 aliphatic carbocycles. The number of aryl methyl sites for hydroxylation is 1. The molecule has 2 rings (SSSR count). The van der Waals surface area contributed by atoms with E-state index in [1.807, 2.05) is 0 Å². The van der Waals surface area contributed by atoms with E-state index in [1.165, 1.54) is 24.0 Å². The molecule has 2 nitrogen and oxygen atoms in total. The zero-order chi connectivity index (χ0) is 11.4. The Hall–Kier alpha value is -0.860. The number of nitrogens with one attached hydrogen (secondary N) is 1. The summed E-state index contributed by atoms with van der Waals surface area (Å²) >= 11 is 0. The Morgan fingerprint density at radius 3 is 2.56 bits per heavy atom. The Bertz CT molecular complexity index is 318. The van der Waals surface area contributed by atoms with Gasteiger partial charge in [-0.3, -0.25) is 0 Å². The van der Waals surface area contributed by atoms with Gasteiger partial charge in [0.15, 0.2) is 0 Å². The third-order valence-electron chi connectivity index (χ3n) is 3.70. The average Bonchev–Trinajstić information content (AvgIpc) is 2.55. The van der Waals surface area contributed by atoms with Crippen molar-refractivity contribution < 1.29 is 0 Å². The van der Waals surface area contributed by atoms with Gasteiger partial charge in [-0.1, -0.05) is 29.8 Å². The van der Waals surface area contributed by atoms with E-state index in [2.05, 4.69) is 36.5 Å². The van der Waals surface area contributed by atoms with Gasteiger partial charge in [-0.15, -0.1) is 0 Å². The molecule has 2 atom stereocenters. The second kappa shape index (κ2) is 5.46. The van der Waals surface area contributed by atoms with Crippen LogP contribution in [0.15, 0.2) is 24.3 Å². The molecule has 1 fully saturated rings. The fraction of sp³-hybridized carbons (Fsp3) is 0.571. The normalized spacial score (nSPS) is 26.4. The summed E-state index contributed by atoms with van der Waals surface area (Å²) in [4.78, 5) is 0. The van der Waals surface area contributed by atoms with Crippen molar-refractivity contribution in [3.8, 4) is 0 Å². The predicted octanol–water partition coefficient (Wildman–Crippen LogP) is 2.04. The summed E-state index contributed by atoms with van der Waals surface area (Å²) in [7, 11) is 0. The monoisotopic (exact) mass is 218 g/mol. The SMILES string of the molecule is Cc1ccc(C2CCNCCC2CN)cc1. The molecule has 2 heteroatoms. The molecule has 1 saturated heterocycles. The lowest BCUT2D eigenvalue weighted by Gasteiger charge is -2.23. The van der Waals surface area contributed by atoms with Gasteiger partial charge in [0.25, 0.3) is 0 Å². The molecule has 0 bridgehead atoms. The maximum absolute atomic E-state index is 5.90. The lowest BCUT2D eigenvalue weighted by molar-refractivity contribution is 0.419. The van der Waals surface area contributed by atoms with Crippen LogP contribution in [0.25, 0.3) is 0 Å². The summed E-state index contributed by atoms with van der Waals surface area (Å²) in [5, 5.41) is 3.47. The van der Waals surface area contributed by atoms with Crippen LogP contribution in [0.4, 0.5) is 0 Å². The highest BCUT2D eigenvalue weighted by molar-refractivity contribution is 5.25. The predicted molar refractivity (Wildman–Crippen MR) is 68.6 cm³/mol. The lowest BCUT2D eigenvalue weighted by Crippen LogP contribution is -2.22. The Morgan fingerprint density at radius 2 is 1.88 bits per heavy atom. The molecule has 88 valence electrons. The first kappa shape index (κ1) is 11.6. The second-order valence-electron chi connectivity index (χ2n) is 4.84. The smallest absolute Gasteiger partial charge is 0.00425 e. The molecule has 1 heterocycles. The van der Waals surface area contributed by atoms with Crippen LogP contribution in [-0.4, -0.2) is 19.6 Å². The fourth-order valence-corrected chi connectivity index (χ4v) is 2.64. The van der Waals surface area contributed by atoms with Crippen molar-refractivity contribution in [2.24, 2.45) is 11.7 Å². The Labute approximate surface area is 98.2 Å². The molecular weight excluding hydrogens is 196 g/mol. The third-order valence-corrected chi connectivity index (χ3v) is 3.70. The van der Waals surface area contributed by atoms with Crippen molar-refractivity contribution in [3.63, 3.8) is 0 Å². The molecule has 1 aromatic rings. The van der Waals surface area contributed by atoms with Gasteiger partial charge >= 0.3 is 0 Å². The highest BCUT2D eigenvalue weighted by Crippen LogP contribution is 2.31. The number of nitrogens with two attached hydrogens (primary N) is 1. The van der Waals surface area contributed by atoms with Crippen LogP contribution in [-0.2, 0) is 0 Å². The topological polar surface area (TPSA) is 38.0 Å². The van der Waals surface area contributed by atoms with E-state index < -0.39 is 0 Å². The van der Waals surface area contributed by atoms with Crippen LogP contribution >= 0.6 is 0 Å². The second-order valence-corrected chi connectivity index (χ2v) is 4.84. The van der Waals surface area contributed by atoms with Gasteiger partial charge in [-0.05, 0) is 56.8 Å². The number of hydrogen-bond donors (Lipinski definition) is 2. The first-order valence-corrected chi connectivity index (χ1v) is 6.28. The minimum atomic E-state index is 0.637. The quantitative estimate of drug-likeness (QED) is 0.797. The minimum absolute atomic E-state index is 0.637. The molecule has 2 unspecified atom stereocenters. The van der Waals surface area contributed by atoms with E-state index in [-0.39, 0.29) is 0 Å². The van der Waals surface area contributed by atoms with Crippen LogP contribution in [0.3, 0.4) is 0 Å². The molecule has 1 aromatic carbocycles. The van der Waals surface area contributed by atoms with Gasteiger partial charge in [-0.2, -0.15) is 0 Å². The van der Waals surface area contributed by atoms with E-state index in [1.54, 1.807) is 0 Å². The molecule has 16 heavy (non-hydrogen) atoms. The van der Waals surface area contributed by atoms with Gasteiger partial charge in [0.05, 0.1) is 0 Å². The van der Waals surface area contributed by atoms with Crippen molar-refractivity contribution in [2.45, 2.75) is 25.7 Å². The van der Waals surface area contributed by atoms with Crippen LogP contribution in [0, 0.1) is 12.8 Å². The maximum Gasteiger partial charge on any atom is -0.00425 e. The first-order chi connectivity index (χ1) is 7.81. The number of rotatable bonds is 2.